The second-order valence-corrected chi connectivity index (χ2v) is 3.59. The van der Waals surface area contributed by atoms with E-state index in [0.29, 0.717) is 6.07 Å². The third kappa shape index (κ3) is 3.39. The van der Waals surface area contributed by atoms with E-state index in [2.05, 4.69) is 9.72 Å². The molecule has 1 aromatic heterocycles. The van der Waals surface area contributed by atoms with E-state index >= 15 is 0 Å². The zero-order valence-electron chi connectivity index (χ0n) is 7.16. The molecule has 0 unspecified atom stereocenters. The Balaban J connectivity index is 3.25. The van der Waals surface area contributed by atoms with Gasteiger partial charge in [-0.3, -0.25) is 0 Å². The molecule has 0 saturated heterocycles. The molecule has 1 aromatic rings. The van der Waals surface area contributed by atoms with Crippen LogP contribution in [0, 0.1) is 9.52 Å². The molecule has 1 rings (SSSR count). The number of ether oxygens (including phenoxy) is 1. The minimum atomic E-state index is -5.25. The summed E-state index contributed by atoms with van der Waals surface area (Å²) in [5.74, 6) is -3.13. The van der Waals surface area contributed by atoms with Gasteiger partial charge in [0, 0.05) is 6.07 Å². The number of aromatic nitrogens is 1. The van der Waals surface area contributed by atoms with Crippen LogP contribution >= 0.6 is 22.6 Å². The molecule has 0 amide bonds. The fourth-order valence-electron chi connectivity index (χ4n) is 0.855. The summed E-state index contributed by atoms with van der Waals surface area (Å²) in [6, 6.07) is 0.563. The summed E-state index contributed by atoms with van der Waals surface area (Å²) in [5.41, 5.74) is -1.37. The van der Waals surface area contributed by atoms with E-state index in [4.69, 9.17) is 0 Å². The van der Waals surface area contributed by atoms with Gasteiger partial charge in [0.15, 0.2) is 17.3 Å². The van der Waals surface area contributed by atoms with E-state index in [9.17, 15) is 26.3 Å². The molecule has 0 radical (unpaired) electrons. The van der Waals surface area contributed by atoms with Gasteiger partial charge in [-0.15, -0.1) is 13.2 Å². The highest BCUT2D eigenvalue weighted by Crippen LogP contribution is 2.34. The summed E-state index contributed by atoms with van der Waals surface area (Å²) in [5, 5.41) is 0. The highest BCUT2D eigenvalue weighted by molar-refractivity contribution is 14.1. The summed E-state index contributed by atoms with van der Waals surface area (Å²) in [7, 11) is 0. The molecular formula is C7H2F6INO. The molecule has 0 aliphatic heterocycles. The van der Waals surface area contributed by atoms with Gasteiger partial charge in [-0.1, -0.05) is 0 Å². The number of halogens is 7. The third-order valence-electron chi connectivity index (χ3n) is 1.35. The number of hydrogen-bond acceptors (Lipinski definition) is 2. The topological polar surface area (TPSA) is 22.1 Å². The van der Waals surface area contributed by atoms with Gasteiger partial charge in [0.2, 0.25) is 0 Å². The quantitative estimate of drug-likeness (QED) is 0.458. The predicted octanol–water partition coefficient (Wildman–Crippen LogP) is 3.66. The van der Waals surface area contributed by atoms with Crippen LogP contribution in [0.4, 0.5) is 26.3 Å². The van der Waals surface area contributed by atoms with Crippen LogP contribution in [0.3, 0.4) is 0 Å². The average Bonchev–Trinajstić information content (AvgIpc) is 2.07. The number of pyridine rings is 1. The van der Waals surface area contributed by atoms with Crippen molar-refractivity contribution in [2.24, 2.45) is 0 Å². The fourth-order valence-corrected chi connectivity index (χ4v) is 1.39. The van der Waals surface area contributed by atoms with Crippen molar-refractivity contribution >= 4 is 22.6 Å². The van der Waals surface area contributed by atoms with E-state index in [1.807, 2.05) is 0 Å². The molecule has 9 heteroatoms. The SMILES string of the molecule is Fc1cc(I)nc(C(F)F)c1OC(F)(F)F. The smallest absolute Gasteiger partial charge is 0.400 e. The largest absolute Gasteiger partial charge is 0.573 e. The first-order chi connectivity index (χ1) is 7.20. The maximum atomic E-state index is 13.0. The summed E-state index contributed by atoms with van der Waals surface area (Å²) in [4.78, 5) is 3.09. The normalized spacial score (nSPS) is 12.0. The van der Waals surface area contributed by atoms with Crippen molar-refractivity contribution in [3.63, 3.8) is 0 Å². The predicted molar refractivity (Wildman–Crippen MR) is 48.6 cm³/mol. The Morgan fingerprint density at radius 3 is 2.31 bits per heavy atom. The highest BCUT2D eigenvalue weighted by atomic mass is 127. The summed E-state index contributed by atoms with van der Waals surface area (Å²) >= 11 is 1.40. The van der Waals surface area contributed by atoms with E-state index in [1.54, 1.807) is 0 Å². The maximum Gasteiger partial charge on any atom is 0.573 e. The first-order valence-corrected chi connectivity index (χ1v) is 4.68. The Kier molecular flexibility index (Phi) is 3.86. The third-order valence-corrected chi connectivity index (χ3v) is 1.90. The van der Waals surface area contributed by atoms with Gasteiger partial charge >= 0.3 is 6.36 Å². The van der Waals surface area contributed by atoms with Crippen molar-refractivity contribution in [3.8, 4) is 5.75 Å². The fraction of sp³-hybridized carbons (Fsp3) is 0.286. The van der Waals surface area contributed by atoms with Crippen molar-refractivity contribution in [2.75, 3.05) is 0 Å². The lowest BCUT2D eigenvalue weighted by atomic mass is 10.3. The van der Waals surface area contributed by atoms with Crippen LogP contribution in [0.2, 0.25) is 0 Å². The van der Waals surface area contributed by atoms with Crippen LogP contribution in [0.5, 0.6) is 5.75 Å². The lowest BCUT2D eigenvalue weighted by molar-refractivity contribution is -0.276. The van der Waals surface area contributed by atoms with Crippen molar-refractivity contribution in [2.45, 2.75) is 12.8 Å². The Labute approximate surface area is 98.7 Å². The molecule has 0 saturated carbocycles. The molecule has 0 atom stereocenters. The lowest BCUT2D eigenvalue weighted by Gasteiger charge is -2.13. The first-order valence-electron chi connectivity index (χ1n) is 3.60. The molecule has 0 aliphatic rings. The molecule has 0 bridgehead atoms. The molecule has 0 fully saturated rings. The number of rotatable bonds is 2. The van der Waals surface area contributed by atoms with Crippen molar-refractivity contribution in [3.05, 3.63) is 21.3 Å². The second kappa shape index (κ2) is 4.63. The zero-order chi connectivity index (χ0) is 12.5. The summed E-state index contributed by atoms with van der Waals surface area (Å²) in [6.07, 6.45) is -8.61. The molecule has 0 spiro atoms. The molecule has 90 valence electrons. The Hall–Kier alpha value is -0.740. The van der Waals surface area contributed by atoms with Gasteiger partial charge in [-0.25, -0.2) is 18.2 Å². The Morgan fingerprint density at radius 2 is 1.88 bits per heavy atom. The van der Waals surface area contributed by atoms with Gasteiger partial charge in [0.25, 0.3) is 6.43 Å². The van der Waals surface area contributed by atoms with E-state index in [0.717, 1.165) is 0 Å². The van der Waals surface area contributed by atoms with Gasteiger partial charge < -0.3 is 4.74 Å². The minimum absolute atomic E-state index is 0.195. The molecule has 0 aliphatic carbocycles. The van der Waals surface area contributed by atoms with Crippen molar-refractivity contribution in [1.82, 2.24) is 4.98 Å². The molecular weight excluding hydrogens is 355 g/mol. The molecule has 0 aromatic carbocycles. The minimum Gasteiger partial charge on any atom is -0.400 e. The molecule has 16 heavy (non-hydrogen) atoms. The maximum absolute atomic E-state index is 13.0. The monoisotopic (exact) mass is 357 g/mol. The van der Waals surface area contributed by atoms with Gasteiger partial charge in [0.1, 0.15) is 3.70 Å². The van der Waals surface area contributed by atoms with Gasteiger partial charge in [-0.2, -0.15) is 0 Å². The van der Waals surface area contributed by atoms with Crippen LogP contribution in [-0.4, -0.2) is 11.3 Å². The molecule has 0 N–H and O–H groups in total. The zero-order valence-corrected chi connectivity index (χ0v) is 9.31. The Bertz CT molecular complexity index is 393. The standard InChI is InChI=1S/C7H2F6INO/c8-2-1-3(14)15-4(6(9)10)5(2)16-7(11,12)13/h1,6H. The van der Waals surface area contributed by atoms with Crippen molar-refractivity contribution < 1.29 is 31.1 Å². The molecule has 2 nitrogen and oxygen atoms in total. The van der Waals surface area contributed by atoms with E-state index in [-0.39, 0.29) is 3.70 Å². The van der Waals surface area contributed by atoms with Crippen LogP contribution in [0.1, 0.15) is 12.1 Å². The number of nitrogens with zero attached hydrogens (tertiary/aromatic N) is 1. The van der Waals surface area contributed by atoms with Crippen LogP contribution in [-0.2, 0) is 0 Å². The second-order valence-electron chi connectivity index (χ2n) is 2.49. The highest BCUT2D eigenvalue weighted by Gasteiger charge is 2.35. The summed E-state index contributed by atoms with van der Waals surface area (Å²) in [6.45, 7) is 0. The van der Waals surface area contributed by atoms with E-state index in [1.165, 1.54) is 22.6 Å². The average molecular weight is 357 g/mol. The van der Waals surface area contributed by atoms with E-state index < -0.39 is 30.0 Å². The lowest BCUT2D eigenvalue weighted by Crippen LogP contribution is -2.20. The van der Waals surface area contributed by atoms with Crippen LogP contribution in [0.25, 0.3) is 0 Å². The van der Waals surface area contributed by atoms with Gasteiger partial charge in [0.05, 0.1) is 0 Å². The first kappa shape index (κ1) is 13.3. The van der Waals surface area contributed by atoms with Gasteiger partial charge in [-0.05, 0) is 22.6 Å². The van der Waals surface area contributed by atoms with Crippen LogP contribution < -0.4 is 4.74 Å². The summed E-state index contributed by atoms with van der Waals surface area (Å²) < 4.78 is 75.9. The number of hydrogen-bond donors (Lipinski definition) is 0. The molecule has 1 heterocycles. The number of alkyl halides is 5. The van der Waals surface area contributed by atoms with Crippen LogP contribution in [0.15, 0.2) is 6.07 Å². The Morgan fingerprint density at radius 1 is 1.31 bits per heavy atom. The van der Waals surface area contributed by atoms with Crippen molar-refractivity contribution in [1.29, 1.82) is 0 Å².